The molecule has 4 rings (SSSR count). The van der Waals surface area contributed by atoms with Gasteiger partial charge in [0.15, 0.2) is 5.75 Å². The lowest BCUT2D eigenvalue weighted by atomic mass is 10.1. The number of hydrogen-bond donors (Lipinski definition) is 0. The van der Waals surface area contributed by atoms with Crippen LogP contribution in [0.25, 0.3) is 31.6 Å². The summed E-state index contributed by atoms with van der Waals surface area (Å²) in [5.74, 6) is 0.493. The van der Waals surface area contributed by atoms with Gasteiger partial charge in [-0.2, -0.15) is 0 Å². The number of pyridine rings is 1. The number of fused-ring (bicyclic) bond motifs is 2. The largest absolute Gasteiger partial charge is 0.514 e. The number of hydrogen-bond acceptors (Lipinski definition) is 5. The SMILES string of the molecule is CC(C)(C)OC(=O)Oc1c(-c2ccc3ccccc3n2)sc2ccccc12. The van der Waals surface area contributed by atoms with E-state index in [0.717, 1.165) is 31.6 Å². The summed E-state index contributed by atoms with van der Waals surface area (Å²) < 4.78 is 12.0. The van der Waals surface area contributed by atoms with E-state index in [-0.39, 0.29) is 0 Å². The molecule has 0 N–H and O–H groups in total. The van der Waals surface area contributed by atoms with Gasteiger partial charge in [-0.25, -0.2) is 9.78 Å². The number of carbonyl (C=O) groups excluding carboxylic acids is 1. The molecule has 0 aliphatic rings. The van der Waals surface area contributed by atoms with Crippen LogP contribution >= 0.6 is 11.3 Å². The Labute approximate surface area is 161 Å². The lowest BCUT2D eigenvalue weighted by Gasteiger charge is -2.18. The highest BCUT2D eigenvalue weighted by Crippen LogP contribution is 2.44. The summed E-state index contributed by atoms with van der Waals surface area (Å²) in [6.45, 7) is 5.43. The molecular formula is C22H19NO3S. The van der Waals surface area contributed by atoms with Crippen molar-refractivity contribution in [2.75, 3.05) is 0 Å². The van der Waals surface area contributed by atoms with Gasteiger partial charge in [-0.3, -0.25) is 0 Å². The van der Waals surface area contributed by atoms with E-state index in [0.29, 0.717) is 5.75 Å². The van der Waals surface area contributed by atoms with Crippen LogP contribution in [0.1, 0.15) is 20.8 Å². The fourth-order valence-electron chi connectivity index (χ4n) is 2.84. The molecule has 0 amide bonds. The molecule has 0 fully saturated rings. The van der Waals surface area contributed by atoms with Crippen molar-refractivity contribution in [3.8, 4) is 16.3 Å². The third kappa shape index (κ3) is 3.64. The quantitative estimate of drug-likeness (QED) is 0.378. The fraction of sp³-hybridized carbons (Fsp3) is 0.182. The topological polar surface area (TPSA) is 48.4 Å². The summed E-state index contributed by atoms with van der Waals surface area (Å²) in [4.78, 5) is 17.9. The van der Waals surface area contributed by atoms with Crippen LogP contribution in [0.4, 0.5) is 4.79 Å². The van der Waals surface area contributed by atoms with E-state index in [4.69, 9.17) is 14.5 Å². The van der Waals surface area contributed by atoms with Gasteiger partial charge in [-0.05, 0) is 45.0 Å². The molecule has 0 saturated heterocycles. The molecule has 0 saturated carbocycles. The summed E-state index contributed by atoms with van der Waals surface area (Å²) in [5, 5.41) is 1.94. The third-order valence-corrected chi connectivity index (χ3v) is 5.13. The second-order valence-electron chi connectivity index (χ2n) is 7.21. The average Bonchev–Trinajstić information content (AvgIpc) is 2.98. The van der Waals surface area contributed by atoms with Crippen LogP contribution in [0.2, 0.25) is 0 Å². The smallest absolute Gasteiger partial charge is 0.428 e. The second-order valence-corrected chi connectivity index (χ2v) is 8.26. The van der Waals surface area contributed by atoms with Gasteiger partial charge in [0.2, 0.25) is 0 Å². The van der Waals surface area contributed by atoms with Gasteiger partial charge < -0.3 is 9.47 Å². The molecule has 27 heavy (non-hydrogen) atoms. The Balaban J connectivity index is 1.82. The minimum atomic E-state index is -0.715. The fourth-order valence-corrected chi connectivity index (χ4v) is 3.94. The minimum absolute atomic E-state index is 0.493. The van der Waals surface area contributed by atoms with E-state index in [2.05, 4.69) is 0 Å². The zero-order chi connectivity index (χ0) is 19.0. The van der Waals surface area contributed by atoms with Crippen molar-refractivity contribution in [1.82, 2.24) is 4.98 Å². The predicted octanol–water partition coefficient (Wildman–Crippen LogP) is 6.43. The molecule has 4 aromatic rings. The summed E-state index contributed by atoms with van der Waals surface area (Å²) >= 11 is 1.55. The maximum Gasteiger partial charge on any atom is 0.514 e. The van der Waals surface area contributed by atoms with Crippen molar-refractivity contribution < 1.29 is 14.3 Å². The highest BCUT2D eigenvalue weighted by Gasteiger charge is 2.23. The van der Waals surface area contributed by atoms with Gasteiger partial charge in [-0.15, -0.1) is 11.3 Å². The first-order valence-electron chi connectivity index (χ1n) is 8.69. The van der Waals surface area contributed by atoms with Crippen molar-refractivity contribution in [3.05, 3.63) is 60.7 Å². The molecule has 0 bridgehead atoms. The molecule has 0 radical (unpaired) electrons. The van der Waals surface area contributed by atoms with Crippen molar-refractivity contribution in [2.45, 2.75) is 26.4 Å². The Bertz CT molecular complexity index is 1140. The highest BCUT2D eigenvalue weighted by molar-refractivity contribution is 7.22. The Morgan fingerprint density at radius 3 is 2.52 bits per heavy atom. The molecule has 2 heterocycles. The van der Waals surface area contributed by atoms with Crippen molar-refractivity contribution >= 4 is 38.5 Å². The van der Waals surface area contributed by atoms with Gasteiger partial charge in [0.05, 0.1) is 16.1 Å². The number of thiophene rings is 1. The van der Waals surface area contributed by atoms with E-state index in [1.165, 1.54) is 0 Å². The van der Waals surface area contributed by atoms with Crippen molar-refractivity contribution in [1.29, 1.82) is 0 Å². The summed E-state index contributed by atoms with van der Waals surface area (Å²) in [5.41, 5.74) is 1.05. The monoisotopic (exact) mass is 377 g/mol. The molecule has 0 unspecified atom stereocenters. The number of para-hydroxylation sites is 1. The van der Waals surface area contributed by atoms with Crippen LogP contribution in [0.3, 0.4) is 0 Å². The summed E-state index contributed by atoms with van der Waals surface area (Å²) in [6.07, 6.45) is -0.715. The van der Waals surface area contributed by atoms with E-state index >= 15 is 0 Å². The van der Waals surface area contributed by atoms with Gasteiger partial charge >= 0.3 is 6.16 Å². The first kappa shape index (κ1) is 17.5. The Morgan fingerprint density at radius 2 is 1.70 bits per heavy atom. The van der Waals surface area contributed by atoms with E-state index in [9.17, 15) is 4.79 Å². The first-order chi connectivity index (χ1) is 12.9. The molecular weight excluding hydrogens is 358 g/mol. The number of rotatable bonds is 2. The van der Waals surface area contributed by atoms with E-state index in [1.54, 1.807) is 11.3 Å². The normalized spacial score (nSPS) is 11.7. The molecule has 5 heteroatoms. The lowest BCUT2D eigenvalue weighted by Crippen LogP contribution is -2.26. The van der Waals surface area contributed by atoms with Gasteiger partial charge in [0.1, 0.15) is 5.60 Å². The zero-order valence-electron chi connectivity index (χ0n) is 15.4. The van der Waals surface area contributed by atoms with Crippen LogP contribution < -0.4 is 4.74 Å². The van der Waals surface area contributed by atoms with Crippen LogP contribution in [-0.4, -0.2) is 16.7 Å². The number of aromatic nitrogens is 1. The molecule has 0 aliphatic carbocycles. The number of benzene rings is 2. The molecule has 2 aromatic heterocycles. The lowest BCUT2D eigenvalue weighted by molar-refractivity contribution is 0.0211. The van der Waals surface area contributed by atoms with Crippen LogP contribution in [0.5, 0.6) is 5.75 Å². The summed E-state index contributed by atoms with van der Waals surface area (Å²) in [6, 6.07) is 19.8. The molecule has 4 nitrogen and oxygen atoms in total. The third-order valence-electron chi connectivity index (χ3n) is 3.96. The summed E-state index contributed by atoms with van der Waals surface area (Å²) in [7, 11) is 0. The Morgan fingerprint density at radius 1 is 0.963 bits per heavy atom. The minimum Gasteiger partial charge on any atom is -0.428 e. The maximum absolute atomic E-state index is 12.3. The van der Waals surface area contributed by atoms with Crippen LogP contribution in [0.15, 0.2) is 60.7 Å². The van der Waals surface area contributed by atoms with Gasteiger partial charge in [0, 0.05) is 15.5 Å². The van der Waals surface area contributed by atoms with E-state index < -0.39 is 11.8 Å². The second kappa shape index (κ2) is 6.67. The van der Waals surface area contributed by atoms with Gasteiger partial charge in [-0.1, -0.05) is 36.4 Å². The number of nitrogens with zero attached hydrogens (tertiary/aromatic N) is 1. The predicted molar refractivity (Wildman–Crippen MR) is 109 cm³/mol. The van der Waals surface area contributed by atoms with Crippen LogP contribution in [-0.2, 0) is 4.74 Å². The van der Waals surface area contributed by atoms with Crippen LogP contribution in [0, 0.1) is 0 Å². The molecule has 0 spiro atoms. The molecule has 136 valence electrons. The van der Waals surface area contributed by atoms with Gasteiger partial charge in [0.25, 0.3) is 0 Å². The molecule has 0 aliphatic heterocycles. The highest BCUT2D eigenvalue weighted by atomic mass is 32.1. The zero-order valence-corrected chi connectivity index (χ0v) is 16.2. The van der Waals surface area contributed by atoms with Crippen molar-refractivity contribution in [2.24, 2.45) is 0 Å². The average molecular weight is 377 g/mol. The number of carbonyl (C=O) groups is 1. The molecule has 2 aromatic carbocycles. The maximum atomic E-state index is 12.3. The Hall–Kier alpha value is -2.92. The number of ether oxygens (including phenoxy) is 2. The van der Waals surface area contributed by atoms with E-state index in [1.807, 2.05) is 81.4 Å². The molecule has 0 atom stereocenters. The Kier molecular flexibility index (Phi) is 4.32. The van der Waals surface area contributed by atoms with Crippen molar-refractivity contribution in [3.63, 3.8) is 0 Å². The first-order valence-corrected chi connectivity index (χ1v) is 9.51. The standard InChI is InChI=1S/C22H19NO3S/c1-22(2,3)26-21(24)25-19-15-9-5-7-11-18(15)27-20(19)17-13-12-14-8-4-6-10-16(14)23-17/h4-13H,1-3H3.